The van der Waals surface area contributed by atoms with Crippen molar-refractivity contribution < 1.29 is 14.3 Å². The van der Waals surface area contributed by atoms with Crippen molar-refractivity contribution in [3.63, 3.8) is 0 Å². The highest BCUT2D eigenvalue weighted by Crippen LogP contribution is 2.41. The van der Waals surface area contributed by atoms with Crippen LogP contribution >= 0.6 is 11.6 Å². The quantitative estimate of drug-likeness (QED) is 0.236. The topological polar surface area (TPSA) is 112 Å². The predicted octanol–water partition coefficient (Wildman–Crippen LogP) is 5.46. The van der Waals surface area contributed by atoms with Gasteiger partial charge in [0.05, 0.1) is 18.3 Å². The van der Waals surface area contributed by atoms with E-state index in [0.29, 0.717) is 65.4 Å². The Balaban J connectivity index is 1.11. The van der Waals surface area contributed by atoms with Gasteiger partial charge in [-0.2, -0.15) is 0 Å². The molecule has 5 heterocycles. The highest BCUT2D eigenvalue weighted by atomic mass is 35.5. The van der Waals surface area contributed by atoms with E-state index in [2.05, 4.69) is 21.3 Å². The number of fused-ring (bicyclic) bond motifs is 4. The van der Waals surface area contributed by atoms with Gasteiger partial charge >= 0.3 is 0 Å². The second-order valence-corrected chi connectivity index (χ2v) is 14.6. The molecule has 9 rings (SSSR count). The van der Waals surface area contributed by atoms with Crippen LogP contribution in [-0.4, -0.2) is 79.5 Å². The summed E-state index contributed by atoms with van der Waals surface area (Å²) in [5.74, 6) is 2.62. The zero-order chi connectivity index (χ0) is 32.7. The first-order valence-corrected chi connectivity index (χ1v) is 17.4. The lowest BCUT2D eigenvalue weighted by atomic mass is 9.98. The van der Waals surface area contributed by atoms with Crippen molar-refractivity contribution in [2.24, 2.45) is 23.5 Å². The smallest absolute Gasteiger partial charge is 0.254 e. The average molecular weight is 664 g/mol. The Morgan fingerprint density at radius 2 is 1.71 bits per heavy atom. The Kier molecular flexibility index (Phi) is 7.02. The van der Waals surface area contributed by atoms with E-state index in [9.17, 15) is 9.59 Å². The number of halogens is 1. The van der Waals surface area contributed by atoms with Crippen molar-refractivity contribution in [3.05, 3.63) is 76.9 Å². The van der Waals surface area contributed by atoms with Gasteiger partial charge in [-0.3, -0.25) is 9.59 Å². The van der Waals surface area contributed by atoms with Crippen molar-refractivity contribution >= 4 is 45.5 Å². The van der Waals surface area contributed by atoms with Crippen LogP contribution in [0.25, 0.3) is 33.6 Å². The first kappa shape index (κ1) is 29.7. The standard InChI is InChI=1S/C37H38ClN7O3/c1-48-31-15-26(37(47)44-20-25-8-11-29(44)32(25)39)13-28-33(31)45(19-22-16-42(17-22)36(46)23-6-9-27(38)10-7-23)35(41-28)30-14-24-3-2-12-40-34(24)43(30)18-21-4-5-21/h2-3,6-7,9-10,12-15,21-22,25,29,32H,4-5,8,11,16-20,39H2,1H3/t25?,29?,32-/m1/s1. The molecule has 0 spiro atoms. The molecule has 4 fully saturated rings. The van der Waals surface area contributed by atoms with Gasteiger partial charge in [0.2, 0.25) is 0 Å². The number of methoxy groups -OCH3 is 1. The zero-order valence-corrected chi connectivity index (χ0v) is 27.6. The van der Waals surface area contributed by atoms with Gasteiger partial charge in [0.25, 0.3) is 11.8 Å². The van der Waals surface area contributed by atoms with Crippen molar-refractivity contribution in [2.45, 2.75) is 50.9 Å². The summed E-state index contributed by atoms with van der Waals surface area (Å²) in [5.41, 5.74) is 11.2. The average Bonchev–Trinajstić information content (AvgIpc) is 3.44. The minimum atomic E-state index is -0.0173. The molecule has 3 aromatic heterocycles. The third-order valence-corrected chi connectivity index (χ3v) is 11.2. The highest BCUT2D eigenvalue weighted by Gasteiger charge is 2.47. The first-order valence-electron chi connectivity index (χ1n) is 17.0. The Bertz CT molecular complexity index is 2080. The molecule has 2 bridgehead atoms. The number of imidazole rings is 1. The molecule has 2 saturated heterocycles. The van der Waals surface area contributed by atoms with E-state index in [4.69, 9.17) is 32.0 Å². The monoisotopic (exact) mass is 663 g/mol. The summed E-state index contributed by atoms with van der Waals surface area (Å²) in [7, 11) is 1.65. The van der Waals surface area contributed by atoms with E-state index in [1.807, 2.05) is 34.2 Å². The number of pyridine rings is 1. The normalized spacial score (nSPS) is 22.2. The Morgan fingerprint density at radius 1 is 0.917 bits per heavy atom. The molecule has 4 aliphatic rings. The van der Waals surface area contributed by atoms with E-state index in [1.165, 1.54) is 12.8 Å². The largest absolute Gasteiger partial charge is 0.494 e. The van der Waals surface area contributed by atoms with E-state index in [1.54, 1.807) is 31.4 Å². The maximum absolute atomic E-state index is 13.9. The molecule has 2 unspecified atom stereocenters. The predicted molar refractivity (Wildman–Crippen MR) is 184 cm³/mol. The molecule has 11 heteroatoms. The second-order valence-electron chi connectivity index (χ2n) is 14.1. The number of rotatable bonds is 8. The second kappa shape index (κ2) is 11.3. The number of carbonyl (C=O) groups is 2. The number of likely N-dealkylation sites (tertiary alicyclic amines) is 2. The number of ether oxygens (including phenoxy) is 1. The van der Waals surface area contributed by atoms with Crippen LogP contribution in [-0.2, 0) is 13.1 Å². The SMILES string of the molecule is COc1cc(C(=O)N2CC3CCC2[C@@H]3N)cc2nc(-c3cc4cccnc4n3CC3CC3)n(CC3CN(C(=O)c4ccc(Cl)cc4)C3)c12. The lowest BCUT2D eigenvalue weighted by molar-refractivity contribution is 0.0471. The summed E-state index contributed by atoms with van der Waals surface area (Å²) < 4.78 is 10.6. The maximum Gasteiger partial charge on any atom is 0.254 e. The van der Waals surface area contributed by atoms with Gasteiger partial charge in [-0.15, -0.1) is 0 Å². The molecule has 10 nitrogen and oxygen atoms in total. The number of nitrogens with two attached hydrogens (primary N) is 1. The van der Waals surface area contributed by atoms with Crippen molar-refractivity contribution in [3.8, 4) is 17.3 Å². The fourth-order valence-corrected chi connectivity index (χ4v) is 8.36. The first-order chi connectivity index (χ1) is 23.4. The summed E-state index contributed by atoms with van der Waals surface area (Å²) >= 11 is 6.06. The number of aromatic nitrogens is 4. The third kappa shape index (κ3) is 4.87. The Hall–Kier alpha value is -4.41. The summed E-state index contributed by atoms with van der Waals surface area (Å²) in [6.07, 6.45) is 6.30. The maximum atomic E-state index is 13.9. The van der Waals surface area contributed by atoms with Crippen LogP contribution in [0.5, 0.6) is 5.75 Å². The fourth-order valence-electron chi connectivity index (χ4n) is 8.23. The van der Waals surface area contributed by atoms with Crippen LogP contribution in [0.3, 0.4) is 0 Å². The number of amides is 2. The lowest BCUT2D eigenvalue weighted by Gasteiger charge is -2.39. The van der Waals surface area contributed by atoms with Gasteiger partial charge < -0.3 is 29.4 Å². The molecule has 2 amide bonds. The van der Waals surface area contributed by atoms with Crippen LogP contribution in [0.15, 0.2) is 60.8 Å². The minimum absolute atomic E-state index is 0.00494. The van der Waals surface area contributed by atoms with Crippen LogP contribution in [0.2, 0.25) is 5.02 Å². The molecule has 2 aromatic carbocycles. The summed E-state index contributed by atoms with van der Waals surface area (Å²) in [6, 6.07) is 17.2. The molecular formula is C37H38ClN7O3. The molecule has 2 N–H and O–H groups in total. The molecule has 0 radical (unpaired) electrons. The van der Waals surface area contributed by atoms with Crippen molar-refractivity contribution in [1.29, 1.82) is 0 Å². The van der Waals surface area contributed by atoms with Gasteiger partial charge in [0.1, 0.15) is 16.9 Å². The molecule has 2 saturated carbocycles. The molecular weight excluding hydrogens is 626 g/mol. The van der Waals surface area contributed by atoms with Crippen LogP contribution in [0.4, 0.5) is 0 Å². The number of carbonyl (C=O) groups excluding carboxylic acids is 2. The Morgan fingerprint density at radius 3 is 2.42 bits per heavy atom. The van der Waals surface area contributed by atoms with E-state index >= 15 is 0 Å². The molecule has 3 atom stereocenters. The minimum Gasteiger partial charge on any atom is -0.494 e. The van der Waals surface area contributed by atoms with Crippen LogP contribution < -0.4 is 10.5 Å². The summed E-state index contributed by atoms with van der Waals surface area (Å²) in [4.78, 5) is 41.0. The van der Waals surface area contributed by atoms with Gasteiger partial charge in [-0.05, 0) is 92.1 Å². The van der Waals surface area contributed by atoms with E-state index < -0.39 is 0 Å². The van der Waals surface area contributed by atoms with Gasteiger partial charge in [-0.1, -0.05) is 11.6 Å². The van der Waals surface area contributed by atoms with Crippen LogP contribution in [0, 0.1) is 17.8 Å². The Labute approximate surface area is 283 Å². The molecule has 2 aliphatic carbocycles. The highest BCUT2D eigenvalue weighted by molar-refractivity contribution is 6.30. The number of piperidine rings is 1. The third-order valence-electron chi connectivity index (χ3n) is 11.0. The van der Waals surface area contributed by atoms with Gasteiger partial charge in [0, 0.05) is 78.5 Å². The number of benzene rings is 2. The molecule has 246 valence electrons. The molecule has 48 heavy (non-hydrogen) atoms. The number of hydrogen-bond donors (Lipinski definition) is 1. The van der Waals surface area contributed by atoms with Crippen LogP contribution in [0.1, 0.15) is 46.4 Å². The van der Waals surface area contributed by atoms with Crippen molar-refractivity contribution in [2.75, 3.05) is 26.7 Å². The van der Waals surface area contributed by atoms with E-state index in [-0.39, 0.29) is 29.8 Å². The summed E-state index contributed by atoms with van der Waals surface area (Å²) in [6.45, 7) is 3.48. The van der Waals surface area contributed by atoms with Gasteiger partial charge in [-0.25, -0.2) is 9.97 Å². The van der Waals surface area contributed by atoms with E-state index in [0.717, 1.165) is 47.5 Å². The number of nitrogens with zero attached hydrogens (tertiary/aromatic N) is 6. The lowest BCUT2D eigenvalue weighted by Crippen LogP contribution is -2.51. The summed E-state index contributed by atoms with van der Waals surface area (Å²) in [5, 5.41) is 1.68. The molecule has 5 aromatic rings. The molecule has 2 aliphatic heterocycles. The fraction of sp³-hybridized carbons (Fsp3) is 0.405. The number of hydrogen-bond acceptors (Lipinski definition) is 6. The van der Waals surface area contributed by atoms with Gasteiger partial charge in [0.15, 0.2) is 5.82 Å². The van der Waals surface area contributed by atoms with Crippen molar-refractivity contribution in [1.82, 2.24) is 28.9 Å². The zero-order valence-electron chi connectivity index (χ0n) is 26.9.